The maximum Gasteiger partial charge on any atom is 0.419 e. The summed E-state index contributed by atoms with van der Waals surface area (Å²) in [6.45, 7) is 3.24. The number of nitrogens with zero attached hydrogens (tertiary/aromatic N) is 3. The maximum absolute atomic E-state index is 12.5. The molecular weight excluding hydrogens is 257 g/mol. The van der Waals surface area contributed by atoms with Gasteiger partial charge in [-0.2, -0.15) is 18.3 Å². The predicted molar refractivity (Wildman–Crippen MR) is 63.7 cm³/mol. The van der Waals surface area contributed by atoms with Gasteiger partial charge in [-0.25, -0.2) is 4.68 Å². The molecule has 0 aliphatic heterocycles. The lowest BCUT2D eigenvalue weighted by Gasteiger charge is -2.09. The van der Waals surface area contributed by atoms with Gasteiger partial charge < -0.3 is 5.32 Å². The first-order valence-electron chi connectivity index (χ1n) is 5.78. The van der Waals surface area contributed by atoms with Crippen LogP contribution in [0.15, 0.2) is 30.9 Å². The van der Waals surface area contributed by atoms with Gasteiger partial charge >= 0.3 is 6.18 Å². The Morgan fingerprint density at radius 2 is 2.11 bits per heavy atom. The summed E-state index contributed by atoms with van der Waals surface area (Å²) in [5.41, 5.74) is 0.617. The smallest absolute Gasteiger partial charge is 0.313 e. The average molecular weight is 270 g/mol. The first-order valence-corrected chi connectivity index (χ1v) is 5.78. The van der Waals surface area contributed by atoms with E-state index in [0.29, 0.717) is 12.2 Å². The second kappa shape index (κ2) is 5.40. The summed E-state index contributed by atoms with van der Waals surface area (Å²) in [4.78, 5) is 3.98. The van der Waals surface area contributed by atoms with Crippen LogP contribution in [0, 0.1) is 0 Å². The summed E-state index contributed by atoms with van der Waals surface area (Å²) in [7, 11) is 0. The number of hydrogen-bond acceptors (Lipinski definition) is 3. The van der Waals surface area contributed by atoms with E-state index < -0.39 is 11.7 Å². The van der Waals surface area contributed by atoms with Crippen molar-refractivity contribution in [2.45, 2.75) is 19.6 Å². The second-order valence-corrected chi connectivity index (χ2v) is 3.96. The molecule has 0 aliphatic rings. The maximum atomic E-state index is 12.5. The van der Waals surface area contributed by atoms with E-state index in [4.69, 9.17) is 0 Å². The minimum atomic E-state index is -4.38. The van der Waals surface area contributed by atoms with Gasteiger partial charge in [0.2, 0.25) is 0 Å². The summed E-state index contributed by atoms with van der Waals surface area (Å²) < 4.78 is 38.8. The Morgan fingerprint density at radius 1 is 1.32 bits per heavy atom. The number of aromatic nitrogens is 3. The van der Waals surface area contributed by atoms with Crippen LogP contribution < -0.4 is 5.32 Å². The van der Waals surface area contributed by atoms with E-state index in [1.807, 2.05) is 6.92 Å². The van der Waals surface area contributed by atoms with Gasteiger partial charge in [-0.05, 0) is 12.6 Å². The molecule has 2 aromatic heterocycles. The Hall–Kier alpha value is -1.89. The molecule has 0 radical (unpaired) electrons. The van der Waals surface area contributed by atoms with Crippen molar-refractivity contribution in [2.24, 2.45) is 0 Å². The van der Waals surface area contributed by atoms with Gasteiger partial charge in [-0.3, -0.25) is 4.98 Å². The molecule has 4 nitrogen and oxygen atoms in total. The SMILES string of the molecule is CCNCc1cnccc1-n1cc(C(F)(F)F)cn1. The lowest BCUT2D eigenvalue weighted by molar-refractivity contribution is -0.137. The van der Waals surface area contributed by atoms with Crippen molar-refractivity contribution in [3.8, 4) is 5.69 Å². The zero-order chi connectivity index (χ0) is 13.9. The minimum Gasteiger partial charge on any atom is -0.313 e. The molecule has 0 amide bonds. The molecule has 2 aromatic rings. The minimum absolute atomic E-state index is 0.529. The van der Waals surface area contributed by atoms with E-state index in [1.165, 1.54) is 10.9 Å². The molecule has 0 aromatic carbocycles. The highest BCUT2D eigenvalue weighted by Crippen LogP contribution is 2.29. The van der Waals surface area contributed by atoms with Crippen molar-refractivity contribution >= 4 is 0 Å². The third-order valence-electron chi connectivity index (χ3n) is 2.60. The predicted octanol–water partition coefficient (Wildman–Crippen LogP) is 2.40. The lowest BCUT2D eigenvalue weighted by atomic mass is 10.2. The van der Waals surface area contributed by atoms with E-state index in [9.17, 15) is 13.2 Å². The van der Waals surface area contributed by atoms with Gasteiger partial charge in [0.05, 0.1) is 17.4 Å². The van der Waals surface area contributed by atoms with Gasteiger partial charge in [-0.1, -0.05) is 6.92 Å². The summed E-state index contributed by atoms with van der Waals surface area (Å²) in [5.74, 6) is 0. The Morgan fingerprint density at radius 3 is 2.74 bits per heavy atom. The zero-order valence-corrected chi connectivity index (χ0v) is 10.3. The van der Waals surface area contributed by atoms with Crippen LogP contribution >= 0.6 is 0 Å². The van der Waals surface area contributed by atoms with Crippen molar-refractivity contribution in [1.82, 2.24) is 20.1 Å². The van der Waals surface area contributed by atoms with E-state index in [0.717, 1.165) is 24.5 Å². The molecule has 0 fully saturated rings. The van der Waals surface area contributed by atoms with Crippen LogP contribution in [0.2, 0.25) is 0 Å². The van der Waals surface area contributed by atoms with Crippen molar-refractivity contribution < 1.29 is 13.2 Å². The average Bonchev–Trinajstić information content (AvgIpc) is 2.86. The molecule has 0 saturated heterocycles. The van der Waals surface area contributed by atoms with Crippen LogP contribution in [-0.2, 0) is 12.7 Å². The highest BCUT2D eigenvalue weighted by molar-refractivity contribution is 5.38. The standard InChI is InChI=1S/C12H13F3N4/c1-2-16-5-9-6-17-4-3-11(9)19-8-10(7-18-19)12(13,14)15/h3-4,6-8,16H,2,5H2,1H3. The van der Waals surface area contributed by atoms with Gasteiger partial charge in [0.25, 0.3) is 0 Å². The first kappa shape index (κ1) is 13.5. The fourth-order valence-electron chi connectivity index (χ4n) is 1.64. The van der Waals surface area contributed by atoms with Gasteiger partial charge in [0.15, 0.2) is 0 Å². The summed E-state index contributed by atoms with van der Waals surface area (Å²) in [5, 5.41) is 6.87. The quantitative estimate of drug-likeness (QED) is 0.927. The van der Waals surface area contributed by atoms with E-state index >= 15 is 0 Å². The molecule has 0 saturated carbocycles. The number of pyridine rings is 1. The monoisotopic (exact) mass is 270 g/mol. The Balaban J connectivity index is 2.33. The summed E-state index contributed by atoms with van der Waals surface area (Å²) in [6, 6.07) is 1.64. The number of hydrogen-bond donors (Lipinski definition) is 1. The van der Waals surface area contributed by atoms with E-state index in [2.05, 4.69) is 15.4 Å². The number of halogens is 3. The topological polar surface area (TPSA) is 42.7 Å². The molecule has 0 unspecified atom stereocenters. The molecule has 0 spiro atoms. The van der Waals surface area contributed by atoms with Crippen molar-refractivity contribution in [2.75, 3.05) is 6.54 Å². The van der Waals surface area contributed by atoms with Gasteiger partial charge in [-0.15, -0.1) is 0 Å². The summed E-state index contributed by atoms with van der Waals surface area (Å²) >= 11 is 0. The van der Waals surface area contributed by atoms with Crippen molar-refractivity contribution in [1.29, 1.82) is 0 Å². The number of rotatable bonds is 4. The normalized spacial score (nSPS) is 11.8. The molecule has 102 valence electrons. The van der Waals surface area contributed by atoms with Crippen LogP contribution in [0.1, 0.15) is 18.1 Å². The van der Waals surface area contributed by atoms with Crippen molar-refractivity contribution in [3.05, 3.63) is 42.0 Å². The van der Waals surface area contributed by atoms with E-state index in [1.54, 1.807) is 12.3 Å². The molecule has 0 bridgehead atoms. The fourth-order valence-corrected chi connectivity index (χ4v) is 1.64. The number of nitrogens with one attached hydrogen (secondary N) is 1. The Labute approximate surface area is 108 Å². The third kappa shape index (κ3) is 3.11. The molecule has 2 heterocycles. The molecule has 2 rings (SSSR count). The summed E-state index contributed by atoms with van der Waals surface area (Å²) in [6.07, 6.45) is 0.558. The van der Waals surface area contributed by atoms with Gasteiger partial charge in [0, 0.05) is 30.7 Å². The van der Waals surface area contributed by atoms with Crippen LogP contribution in [0.25, 0.3) is 5.69 Å². The molecule has 19 heavy (non-hydrogen) atoms. The second-order valence-electron chi connectivity index (χ2n) is 3.96. The largest absolute Gasteiger partial charge is 0.419 e. The van der Waals surface area contributed by atoms with Crippen LogP contribution in [-0.4, -0.2) is 21.3 Å². The highest BCUT2D eigenvalue weighted by Gasteiger charge is 2.32. The van der Waals surface area contributed by atoms with E-state index in [-0.39, 0.29) is 0 Å². The van der Waals surface area contributed by atoms with Crippen molar-refractivity contribution in [3.63, 3.8) is 0 Å². The third-order valence-corrected chi connectivity index (χ3v) is 2.60. The molecular formula is C12H13F3N4. The van der Waals surface area contributed by atoms with Crippen LogP contribution in [0.3, 0.4) is 0 Å². The molecule has 1 N–H and O–H groups in total. The van der Waals surface area contributed by atoms with Gasteiger partial charge in [0.1, 0.15) is 0 Å². The molecule has 7 heteroatoms. The molecule has 0 aliphatic carbocycles. The Kier molecular flexibility index (Phi) is 3.84. The lowest BCUT2D eigenvalue weighted by Crippen LogP contribution is -2.14. The van der Waals surface area contributed by atoms with Crippen LogP contribution in [0.4, 0.5) is 13.2 Å². The Bertz CT molecular complexity index is 548. The fraction of sp³-hybridized carbons (Fsp3) is 0.333. The van der Waals surface area contributed by atoms with Crippen LogP contribution in [0.5, 0.6) is 0 Å². The number of alkyl halides is 3. The first-order chi connectivity index (χ1) is 9.02. The zero-order valence-electron chi connectivity index (χ0n) is 10.3. The molecule has 0 atom stereocenters. The highest BCUT2D eigenvalue weighted by atomic mass is 19.4.